The molecule has 13 aromatic rings. The van der Waals surface area contributed by atoms with Crippen LogP contribution in [0.2, 0.25) is 0 Å². The fourth-order valence-corrected chi connectivity index (χ4v) is 10.1. The highest BCUT2D eigenvalue weighted by molar-refractivity contribution is 6.17. The van der Waals surface area contributed by atoms with E-state index in [2.05, 4.69) is 252 Å². The molecule has 304 valence electrons. The van der Waals surface area contributed by atoms with Crippen LogP contribution in [-0.2, 0) is 0 Å². The molecule has 0 fully saturated rings. The Hall–Kier alpha value is -8.66. The minimum atomic E-state index is 0.898. The van der Waals surface area contributed by atoms with Crippen LogP contribution in [0.4, 0.5) is 17.1 Å². The van der Waals surface area contributed by atoms with Gasteiger partial charge in [-0.05, 0) is 111 Å². The van der Waals surface area contributed by atoms with Crippen LogP contribution in [0.15, 0.2) is 247 Å². The molecule has 0 radical (unpaired) electrons. The standard InChI is InChI=1S/C62H40N2O/c1-3-20-51-42(13-1)15-11-24-52(51)44-31-36-48(37-32-44)63(49-18-10-17-46(40-49)54-25-12-26-57-58-38-33-43-14-2-4-21-53(43)61(58)65-62(54)57)47-34-29-41(30-35-47)45-16-9-19-50(39-45)64-59-27-7-5-22-55(59)56-23-6-8-28-60(56)64/h1-40H. The maximum atomic E-state index is 6.82. The first-order valence-corrected chi connectivity index (χ1v) is 22.2. The van der Waals surface area contributed by atoms with Gasteiger partial charge < -0.3 is 13.9 Å². The molecule has 0 aliphatic carbocycles. The number of furan rings is 1. The van der Waals surface area contributed by atoms with Crippen LogP contribution in [0.1, 0.15) is 0 Å². The van der Waals surface area contributed by atoms with Gasteiger partial charge in [0.25, 0.3) is 0 Å². The van der Waals surface area contributed by atoms with Crippen molar-refractivity contribution < 1.29 is 4.42 Å². The first kappa shape index (κ1) is 36.9. The predicted octanol–water partition coefficient (Wildman–Crippen LogP) is 17.5. The molecule has 0 bridgehead atoms. The molecule has 0 atom stereocenters. The lowest BCUT2D eigenvalue weighted by Gasteiger charge is -2.26. The van der Waals surface area contributed by atoms with Crippen LogP contribution in [0.25, 0.3) is 104 Å². The van der Waals surface area contributed by atoms with Gasteiger partial charge in [0.05, 0.1) is 11.0 Å². The normalized spacial score (nSPS) is 11.7. The second-order valence-electron chi connectivity index (χ2n) is 16.9. The Balaban J connectivity index is 0.922. The first-order chi connectivity index (χ1) is 32.2. The summed E-state index contributed by atoms with van der Waals surface area (Å²) in [4.78, 5) is 2.36. The highest BCUT2D eigenvalue weighted by Crippen LogP contribution is 2.43. The number of aromatic nitrogens is 1. The molecule has 0 saturated heterocycles. The monoisotopic (exact) mass is 828 g/mol. The molecule has 0 aliphatic rings. The smallest absolute Gasteiger partial charge is 0.143 e. The van der Waals surface area contributed by atoms with Crippen molar-refractivity contribution in [3.05, 3.63) is 243 Å². The van der Waals surface area contributed by atoms with Gasteiger partial charge in [0, 0.05) is 55.2 Å². The predicted molar refractivity (Wildman–Crippen MR) is 274 cm³/mol. The van der Waals surface area contributed by atoms with E-state index in [1.165, 1.54) is 49.1 Å². The zero-order valence-corrected chi connectivity index (χ0v) is 35.4. The molecule has 0 spiro atoms. The van der Waals surface area contributed by atoms with Crippen LogP contribution < -0.4 is 4.90 Å². The summed E-state index contributed by atoms with van der Waals surface area (Å²) in [6.45, 7) is 0. The molecule has 0 unspecified atom stereocenters. The molecule has 3 heteroatoms. The van der Waals surface area contributed by atoms with E-state index in [1.54, 1.807) is 0 Å². The number of nitrogens with zero attached hydrogens (tertiary/aromatic N) is 2. The molecule has 13 rings (SSSR count). The van der Waals surface area contributed by atoms with Crippen LogP contribution in [0.5, 0.6) is 0 Å². The molecule has 2 aromatic heterocycles. The lowest BCUT2D eigenvalue weighted by Crippen LogP contribution is -2.10. The summed E-state index contributed by atoms with van der Waals surface area (Å²) >= 11 is 0. The SMILES string of the molecule is c1cc(-c2cccc3c2oc2c4ccccc4ccc32)cc(N(c2ccc(-c3cccc(-n4c5ccccc5c5ccccc54)c3)cc2)c2ccc(-c3cccc4ccccc34)cc2)c1. The molecule has 65 heavy (non-hydrogen) atoms. The summed E-state index contributed by atoms with van der Waals surface area (Å²) in [6, 6.07) is 87.6. The fourth-order valence-electron chi connectivity index (χ4n) is 10.1. The quantitative estimate of drug-likeness (QED) is 0.160. The minimum absolute atomic E-state index is 0.898. The zero-order chi connectivity index (χ0) is 42.8. The molecule has 3 nitrogen and oxygen atoms in total. The topological polar surface area (TPSA) is 21.3 Å². The lowest BCUT2D eigenvalue weighted by molar-refractivity contribution is 0.674. The molecule has 0 aliphatic heterocycles. The Labute approximate surface area is 376 Å². The average molecular weight is 829 g/mol. The Kier molecular flexibility index (Phi) is 8.53. The Bertz CT molecular complexity index is 3890. The summed E-state index contributed by atoms with van der Waals surface area (Å²) in [6.07, 6.45) is 0. The van der Waals surface area contributed by atoms with Crippen molar-refractivity contribution in [2.24, 2.45) is 0 Å². The molecule has 11 aromatic carbocycles. The van der Waals surface area contributed by atoms with E-state index >= 15 is 0 Å². The van der Waals surface area contributed by atoms with E-state index in [0.717, 1.165) is 72.3 Å². The van der Waals surface area contributed by atoms with Crippen molar-refractivity contribution >= 4 is 82.4 Å². The highest BCUT2D eigenvalue weighted by Gasteiger charge is 2.19. The zero-order valence-electron chi connectivity index (χ0n) is 35.4. The van der Waals surface area contributed by atoms with Gasteiger partial charge in [-0.25, -0.2) is 0 Å². The number of hydrogen-bond acceptors (Lipinski definition) is 2. The van der Waals surface area contributed by atoms with Gasteiger partial charge in [-0.2, -0.15) is 0 Å². The van der Waals surface area contributed by atoms with Crippen molar-refractivity contribution in [2.45, 2.75) is 0 Å². The van der Waals surface area contributed by atoms with Crippen LogP contribution in [0.3, 0.4) is 0 Å². The van der Waals surface area contributed by atoms with Gasteiger partial charge >= 0.3 is 0 Å². The van der Waals surface area contributed by atoms with E-state index in [9.17, 15) is 0 Å². The third-order valence-corrected chi connectivity index (χ3v) is 13.2. The van der Waals surface area contributed by atoms with Gasteiger partial charge in [-0.15, -0.1) is 0 Å². The summed E-state index contributed by atoms with van der Waals surface area (Å²) in [5.74, 6) is 0. The maximum Gasteiger partial charge on any atom is 0.143 e. The van der Waals surface area contributed by atoms with E-state index in [0.29, 0.717) is 0 Å². The average Bonchev–Trinajstić information content (AvgIpc) is 3.93. The third-order valence-electron chi connectivity index (χ3n) is 13.2. The van der Waals surface area contributed by atoms with Gasteiger partial charge in [0.15, 0.2) is 0 Å². The molecule has 0 amide bonds. The number of benzene rings is 11. The van der Waals surface area contributed by atoms with Crippen molar-refractivity contribution in [2.75, 3.05) is 4.90 Å². The lowest BCUT2D eigenvalue weighted by atomic mass is 9.98. The van der Waals surface area contributed by atoms with Gasteiger partial charge in [-0.1, -0.05) is 176 Å². The largest absolute Gasteiger partial charge is 0.455 e. The molecule has 2 heterocycles. The molecular weight excluding hydrogens is 789 g/mol. The number of para-hydroxylation sites is 3. The summed E-state index contributed by atoms with van der Waals surface area (Å²) < 4.78 is 9.20. The molecule has 0 N–H and O–H groups in total. The fraction of sp³-hybridized carbons (Fsp3) is 0. The summed E-state index contributed by atoms with van der Waals surface area (Å²) in [7, 11) is 0. The summed E-state index contributed by atoms with van der Waals surface area (Å²) in [5.41, 5.74) is 15.4. The van der Waals surface area contributed by atoms with Gasteiger partial charge in [0.2, 0.25) is 0 Å². The number of anilines is 3. The Morgan fingerprint density at radius 3 is 1.58 bits per heavy atom. The number of fused-ring (bicyclic) bond motifs is 9. The van der Waals surface area contributed by atoms with E-state index in [4.69, 9.17) is 4.42 Å². The van der Waals surface area contributed by atoms with Gasteiger partial charge in [0.1, 0.15) is 11.2 Å². The second-order valence-corrected chi connectivity index (χ2v) is 16.9. The Morgan fingerprint density at radius 2 is 0.831 bits per heavy atom. The van der Waals surface area contributed by atoms with Crippen molar-refractivity contribution in [3.63, 3.8) is 0 Å². The van der Waals surface area contributed by atoms with Crippen LogP contribution in [-0.4, -0.2) is 4.57 Å². The first-order valence-electron chi connectivity index (χ1n) is 22.2. The van der Waals surface area contributed by atoms with E-state index in [-0.39, 0.29) is 0 Å². The third kappa shape index (κ3) is 6.12. The minimum Gasteiger partial charge on any atom is -0.455 e. The van der Waals surface area contributed by atoms with Crippen molar-refractivity contribution in [1.82, 2.24) is 4.57 Å². The van der Waals surface area contributed by atoms with Gasteiger partial charge in [-0.3, -0.25) is 0 Å². The molecule has 0 saturated carbocycles. The van der Waals surface area contributed by atoms with Crippen molar-refractivity contribution in [1.29, 1.82) is 0 Å². The van der Waals surface area contributed by atoms with Crippen molar-refractivity contribution in [3.8, 4) is 39.1 Å². The summed E-state index contributed by atoms with van der Waals surface area (Å²) in [5, 5.41) is 9.55. The highest BCUT2D eigenvalue weighted by atomic mass is 16.3. The number of hydrogen-bond donors (Lipinski definition) is 0. The Morgan fingerprint density at radius 1 is 0.292 bits per heavy atom. The van der Waals surface area contributed by atoms with Crippen LogP contribution in [0, 0.1) is 0 Å². The van der Waals surface area contributed by atoms with E-state index < -0.39 is 0 Å². The number of rotatable bonds is 7. The van der Waals surface area contributed by atoms with Crippen LogP contribution >= 0.6 is 0 Å². The molecular formula is C62H40N2O. The maximum absolute atomic E-state index is 6.82. The second kappa shape index (κ2) is 15.0. The van der Waals surface area contributed by atoms with E-state index in [1.807, 2.05) is 0 Å².